The van der Waals surface area contributed by atoms with Crippen LogP contribution in [0.5, 0.6) is 0 Å². The molecule has 0 amide bonds. The first-order chi connectivity index (χ1) is 6.59. The smallest absolute Gasteiger partial charge is 0.409 e. The average molecular weight is 212 g/mol. The normalized spacial score (nSPS) is 10.7. The van der Waals surface area contributed by atoms with Gasteiger partial charge in [-0.3, -0.25) is 4.79 Å². The predicted molar refractivity (Wildman–Crippen MR) is 52.7 cm³/mol. The minimum absolute atomic E-state index is 0.252. The Morgan fingerprint density at radius 1 is 1.36 bits per heavy atom. The molecule has 0 saturated heterocycles. The van der Waals surface area contributed by atoms with Crippen LogP contribution in [0.2, 0.25) is 5.02 Å². The number of benzene rings is 1. The maximum Gasteiger partial charge on any atom is 0.422 e. The van der Waals surface area contributed by atoms with Gasteiger partial charge >= 0.3 is 5.76 Å². The van der Waals surface area contributed by atoms with Crippen LogP contribution in [-0.4, -0.2) is 4.57 Å². The number of nitrogens with zero attached hydrogens (tertiary/aromatic N) is 1. The number of hydrogen-bond acceptors (Lipinski definition) is 3. The number of halogens is 1. The van der Waals surface area contributed by atoms with Crippen LogP contribution in [0.15, 0.2) is 32.2 Å². The Hall–Kier alpha value is -1.55. The summed E-state index contributed by atoms with van der Waals surface area (Å²) < 4.78 is 5.78. The zero-order valence-corrected chi connectivity index (χ0v) is 8.04. The molecule has 0 radical (unpaired) electrons. The van der Waals surface area contributed by atoms with Crippen molar-refractivity contribution in [1.82, 2.24) is 4.57 Å². The Kier molecular flexibility index (Phi) is 1.93. The van der Waals surface area contributed by atoms with Gasteiger partial charge in [-0.2, -0.15) is 0 Å². The van der Waals surface area contributed by atoms with E-state index in [4.69, 9.17) is 16.0 Å². The van der Waals surface area contributed by atoms with Gasteiger partial charge in [0.25, 0.3) is 5.56 Å². The van der Waals surface area contributed by atoms with Gasteiger partial charge in [-0.05, 0) is 18.2 Å². The molecular weight excluding hydrogens is 206 g/mol. The molecule has 1 aromatic heterocycles. The summed E-state index contributed by atoms with van der Waals surface area (Å²) in [6.45, 7) is 0. The molecule has 14 heavy (non-hydrogen) atoms. The Labute approximate surface area is 83.3 Å². The fourth-order valence-corrected chi connectivity index (χ4v) is 1.36. The lowest BCUT2D eigenvalue weighted by molar-refractivity contribution is 0.485. The van der Waals surface area contributed by atoms with Crippen LogP contribution in [0.1, 0.15) is 0 Å². The molecule has 0 aliphatic rings. The number of fused-ring (bicyclic) bond motifs is 1. The highest BCUT2D eigenvalue weighted by molar-refractivity contribution is 6.31. The van der Waals surface area contributed by atoms with Crippen LogP contribution in [0, 0.1) is 0 Å². The van der Waals surface area contributed by atoms with Gasteiger partial charge in [0, 0.05) is 12.1 Å². The largest absolute Gasteiger partial charge is 0.422 e. The van der Waals surface area contributed by atoms with E-state index in [2.05, 4.69) is 0 Å². The Bertz CT molecular complexity index is 611. The fourth-order valence-electron chi connectivity index (χ4n) is 1.18. The molecule has 0 spiro atoms. The number of hydrogen-bond donors (Lipinski definition) is 0. The van der Waals surface area contributed by atoms with Gasteiger partial charge in [0.05, 0.1) is 5.39 Å². The lowest BCUT2D eigenvalue weighted by atomic mass is 10.2. The summed E-state index contributed by atoms with van der Waals surface area (Å²) in [6.07, 6.45) is 0. The van der Waals surface area contributed by atoms with E-state index in [0.717, 1.165) is 4.57 Å². The molecule has 1 aromatic carbocycles. The van der Waals surface area contributed by atoms with Crippen molar-refractivity contribution in [3.05, 3.63) is 44.1 Å². The summed E-state index contributed by atoms with van der Waals surface area (Å²) in [5.41, 5.74) is -0.152. The Morgan fingerprint density at radius 2 is 2.07 bits per heavy atom. The van der Waals surface area contributed by atoms with Gasteiger partial charge < -0.3 is 4.42 Å². The summed E-state index contributed by atoms with van der Waals surface area (Å²) in [5, 5.41) is 0.739. The minimum atomic E-state index is -0.676. The Balaban J connectivity index is 3.07. The maximum atomic E-state index is 11.5. The molecule has 0 N–H and O–H groups in total. The van der Waals surface area contributed by atoms with E-state index in [1.165, 1.54) is 19.2 Å². The first-order valence-corrected chi connectivity index (χ1v) is 4.27. The monoisotopic (exact) mass is 211 g/mol. The van der Waals surface area contributed by atoms with Crippen molar-refractivity contribution in [3.63, 3.8) is 0 Å². The van der Waals surface area contributed by atoms with Crippen LogP contribution >= 0.6 is 11.6 Å². The van der Waals surface area contributed by atoms with Gasteiger partial charge in [-0.1, -0.05) is 11.6 Å². The second kappa shape index (κ2) is 2.99. The summed E-state index contributed by atoms with van der Waals surface area (Å²) in [6, 6.07) is 4.54. The molecule has 0 bridgehead atoms. The lowest BCUT2D eigenvalue weighted by Gasteiger charge is -1.98. The highest BCUT2D eigenvalue weighted by Crippen LogP contribution is 2.14. The molecule has 1 heterocycles. The van der Waals surface area contributed by atoms with E-state index in [1.54, 1.807) is 6.07 Å². The van der Waals surface area contributed by atoms with Crippen molar-refractivity contribution in [2.75, 3.05) is 0 Å². The molecule has 0 unspecified atom stereocenters. The number of aromatic nitrogens is 1. The van der Waals surface area contributed by atoms with Gasteiger partial charge in [0.1, 0.15) is 5.58 Å². The quantitative estimate of drug-likeness (QED) is 0.657. The fraction of sp³-hybridized carbons (Fsp3) is 0.111. The summed E-state index contributed by atoms with van der Waals surface area (Å²) in [7, 11) is 1.36. The summed E-state index contributed by atoms with van der Waals surface area (Å²) in [4.78, 5) is 22.6. The van der Waals surface area contributed by atoms with Crippen molar-refractivity contribution >= 4 is 22.6 Å². The van der Waals surface area contributed by atoms with Gasteiger partial charge in [-0.15, -0.1) is 0 Å². The highest BCUT2D eigenvalue weighted by Gasteiger charge is 2.06. The van der Waals surface area contributed by atoms with Gasteiger partial charge in [-0.25, -0.2) is 9.36 Å². The van der Waals surface area contributed by atoms with E-state index >= 15 is 0 Å². The van der Waals surface area contributed by atoms with Crippen LogP contribution in [0.25, 0.3) is 11.0 Å². The molecule has 0 atom stereocenters. The molecule has 5 heteroatoms. The van der Waals surface area contributed by atoms with Crippen LogP contribution < -0.4 is 11.3 Å². The maximum absolute atomic E-state index is 11.5. The second-order valence-corrected chi connectivity index (χ2v) is 3.31. The van der Waals surface area contributed by atoms with Gasteiger partial charge in [0.15, 0.2) is 0 Å². The molecule has 72 valence electrons. The van der Waals surface area contributed by atoms with Crippen molar-refractivity contribution in [2.45, 2.75) is 0 Å². The average Bonchev–Trinajstić information content (AvgIpc) is 2.16. The van der Waals surface area contributed by atoms with Crippen molar-refractivity contribution < 1.29 is 4.42 Å². The van der Waals surface area contributed by atoms with E-state index in [0.29, 0.717) is 10.4 Å². The van der Waals surface area contributed by atoms with Crippen molar-refractivity contribution in [3.8, 4) is 0 Å². The standard InChI is InChI=1S/C9H6ClNO3/c1-11-8(12)6-4-5(10)2-3-7(6)14-9(11)13/h2-4H,1H3. The zero-order chi connectivity index (χ0) is 10.3. The summed E-state index contributed by atoms with van der Waals surface area (Å²) >= 11 is 5.71. The van der Waals surface area contributed by atoms with Crippen LogP contribution in [-0.2, 0) is 7.05 Å². The lowest BCUT2D eigenvalue weighted by Crippen LogP contribution is -2.29. The van der Waals surface area contributed by atoms with E-state index in [9.17, 15) is 9.59 Å². The minimum Gasteiger partial charge on any atom is -0.409 e. The molecule has 2 rings (SSSR count). The first kappa shape index (κ1) is 9.02. The molecule has 0 aliphatic carbocycles. The van der Waals surface area contributed by atoms with Crippen LogP contribution in [0.3, 0.4) is 0 Å². The first-order valence-electron chi connectivity index (χ1n) is 3.89. The molecule has 2 aromatic rings. The third kappa shape index (κ3) is 1.24. The molecule has 0 fully saturated rings. The van der Waals surface area contributed by atoms with E-state index in [1.807, 2.05) is 0 Å². The predicted octanol–water partition coefficient (Wildman–Crippen LogP) is 1.15. The van der Waals surface area contributed by atoms with E-state index < -0.39 is 11.3 Å². The molecule has 0 aliphatic heterocycles. The zero-order valence-electron chi connectivity index (χ0n) is 7.28. The Morgan fingerprint density at radius 3 is 2.79 bits per heavy atom. The SMILES string of the molecule is Cn1c(=O)oc2ccc(Cl)cc2c1=O. The molecule has 4 nitrogen and oxygen atoms in total. The van der Waals surface area contributed by atoms with Crippen molar-refractivity contribution in [1.29, 1.82) is 0 Å². The molecule has 0 saturated carbocycles. The third-order valence-corrected chi connectivity index (χ3v) is 2.18. The topological polar surface area (TPSA) is 52.2 Å². The second-order valence-electron chi connectivity index (χ2n) is 2.87. The van der Waals surface area contributed by atoms with Crippen LogP contribution in [0.4, 0.5) is 0 Å². The third-order valence-electron chi connectivity index (χ3n) is 1.95. The number of rotatable bonds is 0. The highest BCUT2D eigenvalue weighted by atomic mass is 35.5. The molecular formula is C9H6ClNO3. The summed E-state index contributed by atoms with van der Waals surface area (Å²) in [5.74, 6) is -0.676. The van der Waals surface area contributed by atoms with Crippen molar-refractivity contribution in [2.24, 2.45) is 7.05 Å². The van der Waals surface area contributed by atoms with E-state index in [-0.39, 0.29) is 5.58 Å². The van der Waals surface area contributed by atoms with Gasteiger partial charge in [0.2, 0.25) is 0 Å².